The predicted octanol–water partition coefficient (Wildman–Crippen LogP) is 3.90. The van der Waals surface area contributed by atoms with Crippen LogP contribution in [0.1, 0.15) is 27.0 Å². The lowest BCUT2D eigenvalue weighted by Gasteiger charge is -2.19. The molecule has 21 heavy (non-hydrogen) atoms. The molecular formula is C17H15BrN2O. The number of halogens is 1. The average molecular weight is 343 g/mol. The van der Waals surface area contributed by atoms with Crippen LogP contribution in [0.5, 0.6) is 0 Å². The summed E-state index contributed by atoms with van der Waals surface area (Å²) < 4.78 is 0.931. The summed E-state index contributed by atoms with van der Waals surface area (Å²) in [5.41, 5.74) is 3.25. The van der Waals surface area contributed by atoms with E-state index in [1.807, 2.05) is 37.3 Å². The number of hydrogen-bond acceptors (Lipinski definition) is 2. The third kappa shape index (κ3) is 3.50. The Morgan fingerprint density at radius 3 is 2.52 bits per heavy atom. The summed E-state index contributed by atoms with van der Waals surface area (Å²) in [5.74, 6) is -0.0156. The lowest BCUT2D eigenvalue weighted by Crippen LogP contribution is -2.26. The molecule has 1 amide bonds. The van der Waals surface area contributed by atoms with Gasteiger partial charge >= 0.3 is 0 Å². The molecular weight excluding hydrogens is 328 g/mol. The Labute approximate surface area is 132 Å². The fourth-order valence-electron chi connectivity index (χ4n) is 2.08. The van der Waals surface area contributed by atoms with E-state index in [-0.39, 0.29) is 5.91 Å². The first-order valence-electron chi connectivity index (χ1n) is 6.52. The van der Waals surface area contributed by atoms with Gasteiger partial charge in [-0.1, -0.05) is 34.1 Å². The van der Waals surface area contributed by atoms with Crippen LogP contribution in [0, 0.1) is 18.3 Å². The minimum Gasteiger partial charge on any atom is -0.337 e. The monoisotopic (exact) mass is 342 g/mol. The normalized spacial score (nSPS) is 10.0. The quantitative estimate of drug-likeness (QED) is 0.848. The highest BCUT2D eigenvalue weighted by molar-refractivity contribution is 9.10. The molecule has 0 saturated carbocycles. The number of carbonyl (C=O) groups is 1. The van der Waals surface area contributed by atoms with E-state index in [1.165, 1.54) is 0 Å². The molecule has 0 aromatic heterocycles. The molecule has 2 aromatic carbocycles. The molecule has 0 radical (unpaired) electrons. The van der Waals surface area contributed by atoms with Crippen molar-refractivity contribution in [2.45, 2.75) is 13.5 Å². The maximum absolute atomic E-state index is 12.5. The first-order valence-corrected chi connectivity index (χ1v) is 7.32. The molecule has 0 atom stereocenters. The first kappa shape index (κ1) is 15.3. The molecule has 0 unspecified atom stereocenters. The zero-order chi connectivity index (χ0) is 15.4. The lowest BCUT2D eigenvalue weighted by atomic mass is 10.1. The van der Waals surface area contributed by atoms with Gasteiger partial charge in [0.1, 0.15) is 0 Å². The fourth-order valence-corrected chi connectivity index (χ4v) is 2.44. The number of rotatable bonds is 3. The second-order valence-electron chi connectivity index (χ2n) is 4.88. The zero-order valence-corrected chi connectivity index (χ0v) is 13.5. The molecule has 0 spiro atoms. The average Bonchev–Trinajstić information content (AvgIpc) is 2.50. The molecule has 0 bridgehead atoms. The van der Waals surface area contributed by atoms with Crippen LogP contribution in [0.2, 0.25) is 0 Å². The van der Waals surface area contributed by atoms with E-state index in [0.717, 1.165) is 15.6 Å². The van der Waals surface area contributed by atoms with E-state index >= 15 is 0 Å². The number of benzene rings is 2. The van der Waals surface area contributed by atoms with E-state index in [0.29, 0.717) is 17.7 Å². The van der Waals surface area contributed by atoms with Crippen LogP contribution in [0.25, 0.3) is 0 Å². The Balaban J connectivity index is 2.15. The van der Waals surface area contributed by atoms with Gasteiger partial charge in [0.05, 0.1) is 11.6 Å². The highest BCUT2D eigenvalue weighted by Gasteiger charge is 2.15. The van der Waals surface area contributed by atoms with Crippen molar-refractivity contribution >= 4 is 21.8 Å². The topological polar surface area (TPSA) is 44.1 Å². The van der Waals surface area contributed by atoms with Crippen LogP contribution in [-0.4, -0.2) is 17.9 Å². The molecule has 2 rings (SSSR count). The number of carbonyl (C=O) groups excluding carboxylic acids is 1. The molecule has 0 fully saturated rings. The largest absolute Gasteiger partial charge is 0.337 e. The van der Waals surface area contributed by atoms with Gasteiger partial charge in [0.25, 0.3) is 5.91 Å². The SMILES string of the molecule is Cc1c(Br)cccc1C(=O)N(C)Cc1ccc(C#N)cc1. The molecule has 0 N–H and O–H groups in total. The van der Waals surface area contributed by atoms with Crippen molar-refractivity contribution in [2.75, 3.05) is 7.05 Å². The van der Waals surface area contributed by atoms with Crippen molar-refractivity contribution in [2.24, 2.45) is 0 Å². The minimum absolute atomic E-state index is 0.0156. The van der Waals surface area contributed by atoms with Crippen LogP contribution in [0.4, 0.5) is 0 Å². The minimum atomic E-state index is -0.0156. The van der Waals surface area contributed by atoms with Gasteiger partial charge in [-0.2, -0.15) is 5.26 Å². The van der Waals surface area contributed by atoms with Gasteiger partial charge < -0.3 is 4.90 Å². The Morgan fingerprint density at radius 2 is 1.90 bits per heavy atom. The fraction of sp³-hybridized carbons (Fsp3) is 0.176. The molecule has 0 heterocycles. The number of amides is 1. The molecule has 0 aliphatic carbocycles. The number of hydrogen-bond donors (Lipinski definition) is 0. The highest BCUT2D eigenvalue weighted by atomic mass is 79.9. The van der Waals surface area contributed by atoms with Gasteiger partial charge in [0, 0.05) is 23.6 Å². The molecule has 0 aliphatic rings. The van der Waals surface area contributed by atoms with Crippen LogP contribution in [0.3, 0.4) is 0 Å². The van der Waals surface area contributed by atoms with E-state index in [9.17, 15) is 4.79 Å². The lowest BCUT2D eigenvalue weighted by molar-refractivity contribution is 0.0784. The van der Waals surface area contributed by atoms with Gasteiger partial charge in [-0.3, -0.25) is 4.79 Å². The summed E-state index contributed by atoms with van der Waals surface area (Å²) in [7, 11) is 1.78. The molecule has 106 valence electrons. The van der Waals surface area contributed by atoms with Gasteiger partial charge in [-0.25, -0.2) is 0 Å². The zero-order valence-electron chi connectivity index (χ0n) is 11.9. The number of nitrogens with zero attached hydrogens (tertiary/aromatic N) is 2. The van der Waals surface area contributed by atoms with Crippen LogP contribution < -0.4 is 0 Å². The Bertz CT molecular complexity index is 702. The van der Waals surface area contributed by atoms with Gasteiger partial charge in [-0.05, 0) is 42.3 Å². The van der Waals surface area contributed by atoms with Crippen molar-refractivity contribution in [1.29, 1.82) is 5.26 Å². The molecule has 2 aromatic rings. The Hall–Kier alpha value is -2.12. The summed E-state index contributed by atoms with van der Waals surface area (Å²) in [5, 5.41) is 8.78. The third-order valence-corrected chi connectivity index (χ3v) is 4.21. The molecule has 4 heteroatoms. The van der Waals surface area contributed by atoms with Crippen molar-refractivity contribution < 1.29 is 4.79 Å². The van der Waals surface area contributed by atoms with Gasteiger partial charge in [-0.15, -0.1) is 0 Å². The second kappa shape index (κ2) is 6.55. The summed E-state index contributed by atoms with van der Waals surface area (Å²) >= 11 is 3.44. The predicted molar refractivity (Wildman–Crippen MR) is 85.8 cm³/mol. The van der Waals surface area contributed by atoms with E-state index in [4.69, 9.17) is 5.26 Å². The third-order valence-electron chi connectivity index (χ3n) is 3.35. The molecule has 0 aliphatic heterocycles. The summed E-state index contributed by atoms with van der Waals surface area (Å²) in [4.78, 5) is 14.2. The molecule has 3 nitrogen and oxygen atoms in total. The Kier molecular flexibility index (Phi) is 4.77. The van der Waals surface area contributed by atoms with E-state index < -0.39 is 0 Å². The summed E-state index contributed by atoms with van der Waals surface area (Å²) in [6.45, 7) is 2.43. The summed E-state index contributed by atoms with van der Waals surface area (Å²) in [6.07, 6.45) is 0. The van der Waals surface area contributed by atoms with E-state index in [1.54, 1.807) is 24.1 Å². The molecule has 0 saturated heterocycles. The van der Waals surface area contributed by atoms with Crippen LogP contribution >= 0.6 is 15.9 Å². The van der Waals surface area contributed by atoms with Gasteiger partial charge in [0.2, 0.25) is 0 Å². The van der Waals surface area contributed by atoms with Crippen molar-refractivity contribution in [3.63, 3.8) is 0 Å². The highest BCUT2D eigenvalue weighted by Crippen LogP contribution is 2.21. The number of nitriles is 1. The maximum Gasteiger partial charge on any atom is 0.254 e. The van der Waals surface area contributed by atoms with Crippen molar-refractivity contribution in [3.05, 3.63) is 69.2 Å². The van der Waals surface area contributed by atoms with Gasteiger partial charge in [0.15, 0.2) is 0 Å². The first-order chi connectivity index (χ1) is 10.0. The maximum atomic E-state index is 12.5. The standard InChI is InChI=1S/C17H15BrN2O/c1-12-15(4-3-5-16(12)18)17(21)20(2)11-14-8-6-13(10-19)7-9-14/h3-9H,11H2,1-2H3. The van der Waals surface area contributed by atoms with Crippen molar-refractivity contribution in [1.82, 2.24) is 4.90 Å². The Morgan fingerprint density at radius 1 is 1.24 bits per heavy atom. The van der Waals surface area contributed by atoms with Crippen molar-refractivity contribution in [3.8, 4) is 6.07 Å². The van der Waals surface area contributed by atoms with Crippen LogP contribution in [0.15, 0.2) is 46.9 Å². The second-order valence-corrected chi connectivity index (χ2v) is 5.74. The van der Waals surface area contributed by atoms with E-state index in [2.05, 4.69) is 22.0 Å². The smallest absolute Gasteiger partial charge is 0.254 e. The summed E-state index contributed by atoms with van der Waals surface area (Å²) in [6, 6.07) is 15.0. The van der Waals surface area contributed by atoms with Crippen LogP contribution in [-0.2, 0) is 6.54 Å².